The van der Waals surface area contributed by atoms with E-state index in [1.165, 1.54) is 17.8 Å². The molecule has 7 heteroatoms. The zero-order valence-electron chi connectivity index (χ0n) is 14.8. The molecule has 3 rings (SSSR count). The van der Waals surface area contributed by atoms with E-state index >= 15 is 0 Å². The summed E-state index contributed by atoms with van der Waals surface area (Å²) in [5.74, 6) is 0.217. The number of carbonyl (C=O) groups excluding carboxylic acids is 1. The highest BCUT2D eigenvalue weighted by molar-refractivity contribution is 5.91. The first kappa shape index (κ1) is 18.2. The predicted octanol–water partition coefficient (Wildman–Crippen LogP) is 2.00. The molecule has 1 aromatic heterocycles. The van der Waals surface area contributed by atoms with Crippen molar-refractivity contribution in [3.63, 3.8) is 0 Å². The van der Waals surface area contributed by atoms with E-state index in [4.69, 9.17) is 4.74 Å². The molecule has 1 amide bonds. The molecule has 1 N–H and O–H groups in total. The van der Waals surface area contributed by atoms with Crippen LogP contribution in [0.15, 0.2) is 70.8 Å². The van der Waals surface area contributed by atoms with Gasteiger partial charge in [0, 0.05) is 18.3 Å². The van der Waals surface area contributed by atoms with Crippen molar-refractivity contribution >= 4 is 22.5 Å². The number of rotatable bonds is 6. The molecule has 2 aromatic carbocycles. The lowest BCUT2D eigenvalue weighted by Crippen LogP contribution is -2.41. The summed E-state index contributed by atoms with van der Waals surface area (Å²) >= 11 is 0. The summed E-state index contributed by atoms with van der Waals surface area (Å²) in [6.45, 7) is 3.42. The van der Waals surface area contributed by atoms with Crippen LogP contribution < -0.4 is 21.3 Å². The van der Waals surface area contributed by atoms with E-state index < -0.39 is 11.2 Å². The van der Waals surface area contributed by atoms with Crippen molar-refractivity contribution < 1.29 is 9.53 Å². The number of hydrogen-bond acceptors (Lipinski definition) is 4. The Labute approximate surface area is 155 Å². The Morgan fingerprint density at radius 2 is 1.93 bits per heavy atom. The highest BCUT2D eigenvalue weighted by Crippen LogP contribution is 2.16. The van der Waals surface area contributed by atoms with Crippen LogP contribution in [0.4, 0.5) is 5.69 Å². The van der Waals surface area contributed by atoms with Crippen molar-refractivity contribution in [2.24, 2.45) is 0 Å². The molecule has 0 fully saturated rings. The quantitative estimate of drug-likeness (QED) is 0.678. The van der Waals surface area contributed by atoms with E-state index in [1.807, 2.05) is 0 Å². The van der Waals surface area contributed by atoms with Gasteiger partial charge in [-0.25, -0.2) is 4.79 Å². The number of amides is 1. The topological polar surface area (TPSA) is 82.3 Å². The molecule has 0 bridgehead atoms. The highest BCUT2D eigenvalue weighted by Gasteiger charge is 2.14. The largest absolute Gasteiger partial charge is 0.497 e. The van der Waals surface area contributed by atoms with E-state index in [0.717, 1.165) is 4.57 Å². The maximum atomic E-state index is 12.8. The fourth-order valence-electron chi connectivity index (χ4n) is 2.86. The number of ether oxygens (including phenoxy) is 1. The van der Waals surface area contributed by atoms with Crippen molar-refractivity contribution in [1.82, 2.24) is 9.13 Å². The minimum Gasteiger partial charge on any atom is -0.497 e. The van der Waals surface area contributed by atoms with Gasteiger partial charge in [-0.3, -0.25) is 18.7 Å². The highest BCUT2D eigenvalue weighted by atomic mass is 16.5. The Kier molecular flexibility index (Phi) is 5.21. The molecule has 0 unspecified atom stereocenters. The zero-order chi connectivity index (χ0) is 19.4. The minimum atomic E-state index is -0.556. The van der Waals surface area contributed by atoms with Gasteiger partial charge in [0.15, 0.2) is 0 Å². The molecule has 0 aliphatic carbocycles. The summed E-state index contributed by atoms with van der Waals surface area (Å²) in [5, 5.41) is 3.11. The number of aromatic nitrogens is 2. The first-order valence-corrected chi connectivity index (χ1v) is 8.32. The minimum absolute atomic E-state index is 0.0694. The molecule has 0 atom stereocenters. The summed E-state index contributed by atoms with van der Waals surface area (Å²) in [7, 11) is 1.54. The van der Waals surface area contributed by atoms with Crippen LogP contribution in [-0.4, -0.2) is 22.2 Å². The number of benzene rings is 2. The number of carbonyl (C=O) groups is 1. The van der Waals surface area contributed by atoms with Gasteiger partial charge in [0.25, 0.3) is 5.56 Å². The van der Waals surface area contributed by atoms with Gasteiger partial charge in [-0.05, 0) is 24.3 Å². The third kappa shape index (κ3) is 3.67. The smallest absolute Gasteiger partial charge is 0.332 e. The lowest BCUT2D eigenvalue weighted by atomic mass is 10.2. The van der Waals surface area contributed by atoms with Crippen LogP contribution in [0.1, 0.15) is 0 Å². The fourth-order valence-corrected chi connectivity index (χ4v) is 2.86. The van der Waals surface area contributed by atoms with Gasteiger partial charge < -0.3 is 10.1 Å². The van der Waals surface area contributed by atoms with Crippen LogP contribution in [-0.2, 0) is 17.9 Å². The van der Waals surface area contributed by atoms with Gasteiger partial charge in [-0.2, -0.15) is 0 Å². The molecular formula is C20H19N3O4. The van der Waals surface area contributed by atoms with Crippen LogP contribution in [0.5, 0.6) is 5.75 Å². The number of nitrogens with one attached hydrogen (secondary N) is 1. The predicted molar refractivity (Wildman–Crippen MR) is 104 cm³/mol. The molecule has 3 aromatic rings. The van der Waals surface area contributed by atoms with Crippen molar-refractivity contribution in [2.45, 2.75) is 13.1 Å². The van der Waals surface area contributed by atoms with E-state index in [1.54, 1.807) is 48.5 Å². The van der Waals surface area contributed by atoms with Crippen LogP contribution in [0.2, 0.25) is 0 Å². The zero-order valence-corrected chi connectivity index (χ0v) is 14.8. The van der Waals surface area contributed by atoms with Gasteiger partial charge >= 0.3 is 5.69 Å². The van der Waals surface area contributed by atoms with Crippen molar-refractivity contribution in [1.29, 1.82) is 0 Å². The number of hydrogen-bond donors (Lipinski definition) is 1. The Hall–Kier alpha value is -3.61. The van der Waals surface area contributed by atoms with Crippen LogP contribution in [0.3, 0.4) is 0 Å². The standard InChI is InChI=1S/C20H19N3O4/c1-3-11-22-19(25)16-9-4-5-10-17(16)23(20(22)26)13-18(24)21-14-7-6-8-15(12-14)27-2/h3-10,12H,1,11,13H2,2H3,(H,21,24). The third-order valence-corrected chi connectivity index (χ3v) is 4.10. The molecule has 0 spiro atoms. The number of allylic oxidation sites excluding steroid dienone is 1. The average molecular weight is 365 g/mol. The number of fused-ring (bicyclic) bond motifs is 1. The second-order valence-corrected chi connectivity index (χ2v) is 5.87. The van der Waals surface area contributed by atoms with E-state index in [2.05, 4.69) is 11.9 Å². The summed E-state index contributed by atoms with van der Waals surface area (Å²) in [6, 6.07) is 13.6. The Morgan fingerprint density at radius 1 is 1.15 bits per heavy atom. The van der Waals surface area contributed by atoms with Crippen LogP contribution >= 0.6 is 0 Å². The second kappa shape index (κ2) is 7.74. The molecule has 138 valence electrons. The Morgan fingerprint density at radius 3 is 2.67 bits per heavy atom. The van der Waals surface area contributed by atoms with Gasteiger partial charge in [-0.1, -0.05) is 24.3 Å². The lowest BCUT2D eigenvalue weighted by molar-refractivity contribution is -0.116. The van der Waals surface area contributed by atoms with Crippen molar-refractivity contribution in [2.75, 3.05) is 12.4 Å². The summed E-state index contributed by atoms with van der Waals surface area (Å²) in [4.78, 5) is 37.8. The van der Waals surface area contributed by atoms with Crippen molar-refractivity contribution in [3.8, 4) is 5.75 Å². The summed E-state index contributed by atoms with van der Waals surface area (Å²) in [5.41, 5.74) is 0.00377. The number of para-hydroxylation sites is 1. The molecule has 7 nitrogen and oxygen atoms in total. The van der Waals surface area contributed by atoms with Gasteiger partial charge in [0.2, 0.25) is 5.91 Å². The Balaban J connectivity index is 2.00. The molecular weight excluding hydrogens is 346 g/mol. The number of anilines is 1. The van der Waals surface area contributed by atoms with Crippen LogP contribution in [0, 0.1) is 0 Å². The molecule has 0 radical (unpaired) electrons. The molecule has 0 aliphatic heterocycles. The van der Waals surface area contributed by atoms with Gasteiger partial charge in [0.05, 0.1) is 18.0 Å². The van der Waals surface area contributed by atoms with Crippen LogP contribution in [0.25, 0.3) is 10.9 Å². The second-order valence-electron chi connectivity index (χ2n) is 5.87. The van der Waals surface area contributed by atoms with E-state index in [9.17, 15) is 14.4 Å². The third-order valence-electron chi connectivity index (χ3n) is 4.10. The molecule has 0 saturated carbocycles. The first-order valence-electron chi connectivity index (χ1n) is 8.32. The summed E-state index contributed by atoms with van der Waals surface area (Å²) < 4.78 is 7.48. The number of nitrogens with zero attached hydrogens (tertiary/aromatic N) is 2. The molecule has 27 heavy (non-hydrogen) atoms. The van der Waals surface area contributed by atoms with Gasteiger partial charge in [-0.15, -0.1) is 6.58 Å². The lowest BCUT2D eigenvalue weighted by Gasteiger charge is -2.13. The first-order chi connectivity index (χ1) is 13.0. The van der Waals surface area contributed by atoms with Crippen molar-refractivity contribution in [3.05, 3.63) is 82.0 Å². The average Bonchev–Trinajstić information content (AvgIpc) is 2.68. The van der Waals surface area contributed by atoms with Gasteiger partial charge in [0.1, 0.15) is 12.3 Å². The van der Waals surface area contributed by atoms with E-state index in [-0.39, 0.29) is 19.0 Å². The van der Waals surface area contributed by atoms with E-state index in [0.29, 0.717) is 22.3 Å². The molecule has 1 heterocycles. The normalized spacial score (nSPS) is 10.6. The SMILES string of the molecule is C=CCn1c(=O)c2ccccc2n(CC(=O)Nc2cccc(OC)c2)c1=O. The maximum Gasteiger partial charge on any atom is 0.332 e. The monoisotopic (exact) mass is 365 g/mol. The maximum absolute atomic E-state index is 12.8. The molecule has 0 aliphatic rings. The Bertz CT molecular complexity index is 1130. The fraction of sp³-hybridized carbons (Fsp3) is 0.150. The molecule has 0 saturated heterocycles. The summed E-state index contributed by atoms with van der Waals surface area (Å²) in [6.07, 6.45) is 1.47. The number of methoxy groups -OCH3 is 1.